The van der Waals surface area contributed by atoms with Crippen molar-refractivity contribution in [3.05, 3.63) is 102 Å². The zero-order valence-electron chi connectivity index (χ0n) is 25.5. The van der Waals surface area contributed by atoms with Crippen LogP contribution in [0.5, 0.6) is 0 Å². The second kappa shape index (κ2) is 16.0. The van der Waals surface area contributed by atoms with Crippen molar-refractivity contribution in [3.63, 3.8) is 0 Å². The summed E-state index contributed by atoms with van der Waals surface area (Å²) in [6.07, 6.45) is -8.01. The highest BCUT2D eigenvalue weighted by molar-refractivity contribution is 7.99. The Bertz CT molecular complexity index is 1510. The van der Waals surface area contributed by atoms with Crippen molar-refractivity contribution in [1.82, 2.24) is 0 Å². The molecule has 3 aromatic carbocycles. The highest BCUT2D eigenvalue weighted by Crippen LogP contribution is 2.38. The summed E-state index contributed by atoms with van der Waals surface area (Å²) in [5, 5.41) is 10.00. The first-order chi connectivity index (χ1) is 22.7. The van der Waals surface area contributed by atoms with E-state index in [0.717, 1.165) is 4.90 Å². The molecule has 0 spiro atoms. The Hall–Kier alpha value is -4.27. The van der Waals surface area contributed by atoms with Gasteiger partial charge in [0.25, 0.3) is 0 Å². The molecule has 47 heavy (non-hydrogen) atoms. The molecule has 0 saturated carbocycles. The van der Waals surface area contributed by atoms with Gasteiger partial charge in [-0.3, -0.25) is 9.59 Å². The monoisotopic (exact) mass is 666 g/mol. The summed E-state index contributed by atoms with van der Waals surface area (Å²) in [7, 11) is 0. The smallest absolute Gasteiger partial charge is 0.338 e. The van der Waals surface area contributed by atoms with Crippen LogP contribution in [0.25, 0.3) is 0 Å². The van der Waals surface area contributed by atoms with E-state index in [1.54, 1.807) is 60.7 Å². The number of aliphatic hydroxyl groups is 1. The van der Waals surface area contributed by atoms with E-state index in [1.165, 1.54) is 25.6 Å². The molecule has 1 N–H and O–H groups in total. The maximum absolute atomic E-state index is 13.2. The molecule has 0 aromatic heterocycles. The fraction of sp³-hybridized carbons (Fsp3) is 0.353. The topological polar surface area (TPSA) is 153 Å². The van der Waals surface area contributed by atoms with Crippen LogP contribution >= 0.6 is 11.8 Å². The molecule has 248 valence electrons. The van der Waals surface area contributed by atoms with Gasteiger partial charge in [0.2, 0.25) is 0 Å². The van der Waals surface area contributed by atoms with Crippen LogP contribution in [0, 0.1) is 0 Å². The van der Waals surface area contributed by atoms with Gasteiger partial charge in [-0.2, -0.15) is 0 Å². The van der Waals surface area contributed by atoms with Crippen LogP contribution in [0.15, 0.2) is 95.9 Å². The van der Waals surface area contributed by atoms with Gasteiger partial charge in [-0.25, -0.2) is 9.59 Å². The third kappa shape index (κ3) is 8.76. The van der Waals surface area contributed by atoms with E-state index < -0.39 is 78.8 Å². The Kier molecular flexibility index (Phi) is 11.6. The lowest BCUT2D eigenvalue weighted by Crippen LogP contribution is -2.44. The predicted octanol–water partition coefficient (Wildman–Crippen LogP) is 3.55. The molecule has 2 aliphatic heterocycles. The summed E-state index contributed by atoms with van der Waals surface area (Å²) in [6, 6.07) is 25.8. The lowest BCUT2D eigenvalue weighted by Gasteiger charge is -2.26. The van der Waals surface area contributed by atoms with Gasteiger partial charge in [0, 0.05) is 18.7 Å². The molecule has 2 aliphatic rings. The molecule has 2 heterocycles. The molecule has 0 unspecified atom stereocenters. The molecule has 0 bridgehead atoms. The van der Waals surface area contributed by atoms with E-state index in [1.807, 2.05) is 30.3 Å². The van der Waals surface area contributed by atoms with Gasteiger partial charge in [-0.1, -0.05) is 66.4 Å². The number of esters is 4. The Labute approximate surface area is 275 Å². The first-order valence-electron chi connectivity index (χ1n) is 14.8. The van der Waals surface area contributed by atoms with Gasteiger partial charge < -0.3 is 38.3 Å². The summed E-state index contributed by atoms with van der Waals surface area (Å²) in [6.45, 7) is 1.54. The van der Waals surface area contributed by atoms with Gasteiger partial charge in [-0.05, 0) is 36.4 Å². The van der Waals surface area contributed by atoms with Crippen molar-refractivity contribution in [2.24, 2.45) is 0 Å². The van der Waals surface area contributed by atoms with E-state index in [4.69, 9.17) is 33.2 Å². The highest BCUT2D eigenvalue weighted by atomic mass is 32.2. The summed E-state index contributed by atoms with van der Waals surface area (Å²) in [4.78, 5) is 51.2. The molecule has 2 saturated heterocycles. The van der Waals surface area contributed by atoms with Crippen molar-refractivity contribution in [1.29, 1.82) is 0 Å². The van der Waals surface area contributed by atoms with Crippen molar-refractivity contribution in [3.8, 4) is 0 Å². The quantitative estimate of drug-likeness (QED) is 0.222. The fourth-order valence-corrected chi connectivity index (χ4v) is 6.29. The normalized spacial score (nSPS) is 26.7. The molecule has 13 heteroatoms. The SMILES string of the molecule is CC(=O)O[C@H]1[C@H](OC(=O)c2ccccc2)[C@@H](OC[C@H]2O[C@H](Sc3ccccc3)[C@@H](OC(=O)c3ccccc3)[C@@H]2OC(C)=O)O[C@@H]1CO. The number of carbonyl (C=O) groups excluding carboxylic acids is 4. The number of benzene rings is 3. The lowest BCUT2D eigenvalue weighted by atomic mass is 10.1. The average Bonchev–Trinajstić information content (AvgIpc) is 3.56. The van der Waals surface area contributed by atoms with Gasteiger partial charge in [-0.15, -0.1) is 0 Å². The van der Waals surface area contributed by atoms with E-state index in [2.05, 4.69) is 0 Å². The second-order valence-corrected chi connectivity index (χ2v) is 11.8. The Morgan fingerprint density at radius 3 is 1.64 bits per heavy atom. The van der Waals surface area contributed by atoms with E-state index in [0.29, 0.717) is 5.56 Å². The molecule has 8 atom stereocenters. The molecule has 5 rings (SSSR count). The maximum Gasteiger partial charge on any atom is 0.338 e. The molecule has 0 radical (unpaired) electrons. The van der Waals surface area contributed by atoms with Crippen LogP contribution in [0.3, 0.4) is 0 Å². The zero-order chi connectivity index (χ0) is 33.3. The van der Waals surface area contributed by atoms with Gasteiger partial charge in [0.15, 0.2) is 30.7 Å². The maximum atomic E-state index is 13.2. The Morgan fingerprint density at radius 2 is 1.13 bits per heavy atom. The molecular weight excluding hydrogens is 632 g/mol. The van der Waals surface area contributed by atoms with Gasteiger partial charge in [0.05, 0.1) is 24.3 Å². The minimum atomic E-state index is -1.32. The Balaban J connectivity index is 1.38. The number of thioether (sulfide) groups is 1. The van der Waals surface area contributed by atoms with Gasteiger partial charge in [0.1, 0.15) is 17.6 Å². The standard InChI is InChI=1S/C34H34O12S/c1-20(36)41-27-25(18-35)43-33(29(27)45-31(38)22-12-6-3-7-13-22)40-19-26-28(42-21(2)37)30(46-32(39)23-14-8-4-9-15-23)34(44-26)47-24-16-10-5-11-17-24/h3-17,25-30,33-35H,18-19H2,1-2H3/t25-,26-,27-,28-,29+,30+,33+,34-/m1/s1. The highest BCUT2D eigenvalue weighted by Gasteiger charge is 2.53. The molecule has 2 fully saturated rings. The molecular formula is C34H34O12S. The first-order valence-corrected chi connectivity index (χ1v) is 15.7. The minimum Gasteiger partial charge on any atom is -0.456 e. The van der Waals surface area contributed by atoms with Crippen molar-refractivity contribution >= 4 is 35.6 Å². The number of rotatable bonds is 12. The van der Waals surface area contributed by atoms with Crippen molar-refractivity contribution < 1.29 is 57.4 Å². The number of hydrogen-bond donors (Lipinski definition) is 1. The van der Waals surface area contributed by atoms with Crippen LogP contribution < -0.4 is 0 Å². The number of ether oxygens (including phenoxy) is 7. The van der Waals surface area contributed by atoms with E-state index in [-0.39, 0.29) is 12.2 Å². The molecule has 0 amide bonds. The predicted molar refractivity (Wildman–Crippen MR) is 165 cm³/mol. The Morgan fingerprint density at radius 1 is 0.638 bits per heavy atom. The lowest BCUT2D eigenvalue weighted by molar-refractivity contribution is -0.191. The molecule has 0 aliphatic carbocycles. The van der Waals surface area contributed by atoms with Gasteiger partial charge >= 0.3 is 23.9 Å². The van der Waals surface area contributed by atoms with Crippen molar-refractivity contribution in [2.75, 3.05) is 13.2 Å². The zero-order valence-corrected chi connectivity index (χ0v) is 26.4. The van der Waals surface area contributed by atoms with E-state index >= 15 is 0 Å². The van der Waals surface area contributed by atoms with E-state index in [9.17, 15) is 24.3 Å². The van der Waals surface area contributed by atoms with Crippen LogP contribution in [0.4, 0.5) is 0 Å². The van der Waals surface area contributed by atoms with Crippen molar-refractivity contribution in [2.45, 2.75) is 67.1 Å². The number of hydrogen-bond acceptors (Lipinski definition) is 13. The third-order valence-electron chi connectivity index (χ3n) is 7.24. The first kappa shape index (κ1) is 34.1. The minimum absolute atomic E-state index is 0.234. The number of carbonyl (C=O) groups is 4. The molecule has 12 nitrogen and oxygen atoms in total. The fourth-order valence-electron chi connectivity index (χ4n) is 5.17. The largest absolute Gasteiger partial charge is 0.456 e. The summed E-state index contributed by atoms with van der Waals surface area (Å²) < 4.78 is 40.9. The summed E-state index contributed by atoms with van der Waals surface area (Å²) in [5.74, 6) is -2.70. The second-order valence-electron chi connectivity index (χ2n) is 10.7. The summed E-state index contributed by atoms with van der Waals surface area (Å²) >= 11 is 1.27. The third-order valence-corrected chi connectivity index (χ3v) is 8.40. The van der Waals surface area contributed by atoms with Crippen LogP contribution in [-0.2, 0) is 42.7 Å². The number of aliphatic hydroxyl groups excluding tert-OH is 1. The average molecular weight is 667 g/mol. The molecule has 3 aromatic rings. The summed E-state index contributed by atoms with van der Waals surface area (Å²) in [5.41, 5.74) is -0.289. The van der Waals surface area contributed by atoms with Crippen LogP contribution in [0.1, 0.15) is 34.6 Å². The van der Waals surface area contributed by atoms with Crippen LogP contribution in [-0.4, -0.2) is 90.5 Å². The van der Waals surface area contributed by atoms with Crippen LogP contribution in [0.2, 0.25) is 0 Å².